The van der Waals surface area contributed by atoms with Gasteiger partial charge in [0.2, 0.25) is 10.0 Å². The summed E-state index contributed by atoms with van der Waals surface area (Å²) in [6.45, 7) is 2.86. The van der Waals surface area contributed by atoms with Crippen molar-refractivity contribution in [3.63, 3.8) is 0 Å². The zero-order valence-electron chi connectivity index (χ0n) is 18.8. The fraction of sp³-hybridized carbons (Fsp3) is 0.348. The summed E-state index contributed by atoms with van der Waals surface area (Å²) in [6, 6.07) is 9.89. The Bertz CT molecular complexity index is 1420. The second kappa shape index (κ2) is 9.12. The third kappa shape index (κ3) is 4.12. The minimum Gasteiger partial charge on any atom is -0.383 e. The van der Waals surface area contributed by atoms with Crippen molar-refractivity contribution < 1.29 is 8.42 Å². The van der Waals surface area contributed by atoms with Crippen molar-refractivity contribution in [2.75, 3.05) is 24.6 Å². The van der Waals surface area contributed by atoms with Crippen LogP contribution in [0.3, 0.4) is 0 Å². The summed E-state index contributed by atoms with van der Waals surface area (Å²) in [7, 11) is -3.19. The molecule has 1 fully saturated rings. The van der Waals surface area contributed by atoms with Gasteiger partial charge in [-0.15, -0.1) is 0 Å². The Balaban J connectivity index is 1.47. The third-order valence-corrected chi connectivity index (χ3v) is 9.15. The molecule has 1 aromatic carbocycles. The van der Waals surface area contributed by atoms with E-state index < -0.39 is 10.0 Å². The molecule has 3 aromatic heterocycles. The Morgan fingerprint density at radius 3 is 2.56 bits per heavy atom. The number of halogens is 1. The lowest BCUT2D eigenvalue weighted by atomic mass is 9.94. The topological polar surface area (TPSA) is 111 Å². The van der Waals surface area contributed by atoms with E-state index in [4.69, 9.17) is 10.7 Å². The van der Waals surface area contributed by atoms with Crippen molar-refractivity contribution in [2.45, 2.75) is 32.1 Å². The largest absolute Gasteiger partial charge is 0.383 e. The Morgan fingerprint density at radius 2 is 1.85 bits per heavy atom. The van der Waals surface area contributed by atoms with Gasteiger partial charge in [0.05, 0.1) is 34.0 Å². The smallest absolute Gasteiger partial charge is 0.214 e. The molecule has 9 nitrogen and oxygen atoms in total. The van der Waals surface area contributed by atoms with E-state index in [0.29, 0.717) is 48.3 Å². The van der Waals surface area contributed by atoms with Crippen LogP contribution in [0.15, 0.2) is 53.4 Å². The lowest BCUT2D eigenvalue weighted by molar-refractivity contribution is 0.316. The predicted octanol–water partition coefficient (Wildman–Crippen LogP) is 3.85. The number of nitrogens with two attached hydrogens (primary N) is 1. The molecule has 4 aromatic rings. The van der Waals surface area contributed by atoms with Gasteiger partial charge in [-0.25, -0.2) is 22.4 Å². The Labute approximate surface area is 206 Å². The molecule has 0 radical (unpaired) electrons. The zero-order valence-corrected chi connectivity index (χ0v) is 21.2. The van der Waals surface area contributed by atoms with Gasteiger partial charge in [0.1, 0.15) is 5.82 Å². The van der Waals surface area contributed by atoms with Gasteiger partial charge in [-0.1, -0.05) is 25.1 Å². The maximum atomic E-state index is 12.5. The number of sulfonamides is 1. The molecule has 11 heteroatoms. The first kappa shape index (κ1) is 23.0. The summed E-state index contributed by atoms with van der Waals surface area (Å²) in [5, 5.41) is 8.96. The second-order valence-corrected chi connectivity index (χ2v) is 11.4. The second-order valence-electron chi connectivity index (χ2n) is 8.49. The number of aromatic nitrogens is 5. The Kier molecular flexibility index (Phi) is 6.17. The van der Waals surface area contributed by atoms with E-state index >= 15 is 0 Å². The van der Waals surface area contributed by atoms with Crippen LogP contribution in [0.4, 0.5) is 5.82 Å². The van der Waals surface area contributed by atoms with E-state index in [9.17, 15) is 8.42 Å². The monoisotopic (exact) mass is 543 g/mol. The number of nitrogens with zero attached hydrogens (tertiary/aromatic N) is 6. The SMILES string of the molecule is CCCS(=O)(=O)N1CCC(c2nc3c(-c4cnn(-c5ccccc5)c4)cnn3c(N)c2Br)CC1. The molecule has 0 bridgehead atoms. The first-order chi connectivity index (χ1) is 16.4. The summed E-state index contributed by atoms with van der Waals surface area (Å²) in [5.74, 6) is 0.765. The molecule has 1 saturated heterocycles. The molecule has 34 heavy (non-hydrogen) atoms. The summed E-state index contributed by atoms with van der Waals surface area (Å²) >= 11 is 3.62. The van der Waals surface area contributed by atoms with E-state index in [1.165, 1.54) is 0 Å². The van der Waals surface area contributed by atoms with Gasteiger partial charge in [-0.2, -0.15) is 14.7 Å². The highest BCUT2D eigenvalue weighted by Crippen LogP contribution is 2.37. The highest BCUT2D eigenvalue weighted by atomic mass is 79.9. The van der Waals surface area contributed by atoms with Gasteiger partial charge in [0.25, 0.3) is 0 Å². The number of rotatable bonds is 6. The van der Waals surface area contributed by atoms with Gasteiger partial charge >= 0.3 is 0 Å². The molecule has 178 valence electrons. The van der Waals surface area contributed by atoms with Crippen LogP contribution in [0.1, 0.15) is 37.8 Å². The van der Waals surface area contributed by atoms with Crippen molar-refractivity contribution in [2.24, 2.45) is 0 Å². The van der Waals surface area contributed by atoms with E-state index in [1.807, 2.05) is 48.1 Å². The van der Waals surface area contributed by atoms with Crippen molar-refractivity contribution in [1.82, 2.24) is 28.7 Å². The number of nitrogen functional groups attached to an aromatic ring is 1. The average molecular weight is 544 g/mol. The fourth-order valence-electron chi connectivity index (χ4n) is 4.47. The highest BCUT2D eigenvalue weighted by Gasteiger charge is 2.31. The molecule has 2 N–H and O–H groups in total. The summed E-state index contributed by atoms with van der Waals surface area (Å²) in [4.78, 5) is 4.97. The number of piperidine rings is 1. The minimum absolute atomic E-state index is 0.101. The first-order valence-electron chi connectivity index (χ1n) is 11.3. The standard InChI is InChI=1S/C23H26BrN7O2S/c1-2-12-34(32,33)29-10-8-16(9-11-29)21-20(24)22(25)31-23(28-21)19(14-27-31)17-13-26-30(15-17)18-6-4-3-5-7-18/h3-7,13-16H,2,8-12,25H2,1H3. The molecule has 0 saturated carbocycles. The van der Waals surface area contributed by atoms with Crippen LogP contribution < -0.4 is 5.73 Å². The molecule has 0 aliphatic carbocycles. The van der Waals surface area contributed by atoms with Gasteiger partial charge in [0, 0.05) is 36.3 Å². The fourth-order valence-corrected chi connectivity index (χ4v) is 6.59. The van der Waals surface area contributed by atoms with E-state index in [0.717, 1.165) is 22.5 Å². The van der Waals surface area contributed by atoms with Crippen LogP contribution in [0.5, 0.6) is 0 Å². The van der Waals surface area contributed by atoms with Crippen LogP contribution >= 0.6 is 15.9 Å². The molecular weight excluding hydrogens is 518 g/mol. The molecule has 0 unspecified atom stereocenters. The minimum atomic E-state index is -3.19. The molecule has 5 rings (SSSR count). The predicted molar refractivity (Wildman–Crippen MR) is 135 cm³/mol. The maximum Gasteiger partial charge on any atom is 0.214 e. The molecule has 4 heterocycles. The molecule has 0 atom stereocenters. The summed E-state index contributed by atoms with van der Waals surface area (Å²) < 4.78 is 30.7. The number of anilines is 1. The van der Waals surface area contributed by atoms with Gasteiger partial charge in [-0.05, 0) is 47.3 Å². The van der Waals surface area contributed by atoms with Crippen molar-refractivity contribution in [1.29, 1.82) is 0 Å². The summed E-state index contributed by atoms with van der Waals surface area (Å²) in [5.41, 5.74) is 10.6. The Hall–Kier alpha value is -2.76. The first-order valence-corrected chi connectivity index (χ1v) is 13.7. The van der Waals surface area contributed by atoms with Gasteiger partial charge < -0.3 is 5.73 Å². The van der Waals surface area contributed by atoms with Crippen LogP contribution in [-0.4, -0.2) is 55.9 Å². The molecule has 1 aliphatic heterocycles. The quantitative estimate of drug-likeness (QED) is 0.395. The molecular formula is C23H26BrN7O2S. The van der Waals surface area contributed by atoms with Crippen molar-refractivity contribution in [3.05, 3.63) is 59.1 Å². The lowest BCUT2D eigenvalue weighted by Gasteiger charge is -2.31. The third-order valence-electron chi connectivity index (χ3n) is 6.26. The molecule has 1 aliphatic rings. The number of hydrogen-bond donors (Lipinski definition) is 1. The van der Waals surface area contributed by atoms with E-state index in [1.54, 1.807) is 21.2 Å². The van der Waals surface area contributed by atoms with Crippen molar-refractivity contribution in [3.8, 4) is 16.8 Å². The lowest BCUT2D eigenvalue weighted by Crippen LogP contribution is -2.39. The number of para-hydroxylation sites is 1. The van der Waals surface area contributed by atoms with Gasteiger partial charge in [0.15, 0.2) is 5.65 Å². The average Bonchev–Trinajstić information content (AvgIpc) is 3.49. The summed E-state index contributed by atoms with van der Waals surface area (Å²) in [6.07, 6.45) is 7.50. The normalized spacial score (nSPS) is 15.8. The number of hydrogen-bond acceptors (Lipinski definition) is 6. The molecule has 0 amide bonds. The zero-order chi connectivity index (χ0) is 23.9. The van der Waals surface area contributed by atoms with Crippen molar-refractivity contribution >= 4 is 37.4 Å². The van der Waals surface area contributed by atoms with Gasteiger partial charge in [-0.3, -0.25) is 0 Å². The van der Waals surface area contributed by atoms with Crippen LogP contribution in [0, 0.1) is 0 Å². The van der Waals surface area contributed by atoms with Crippen LogP contribution in [0.25, 0.3) is 22.5 Å². The molecule has 0 spiro atoms. The Morgan fingerprint density at radius 1 is 1.12 bits per heavy atom. The number of benzene rings is 1. The van der Waals surface area contributed by atoms with E-state index in [-0.39, 0.29) is 11.7 Å². The van der Waals surface area contributed by atoms with Crippen LogP contribution in [0.2, 0.25) is 0 Å². The number of fused-ring (bicyclic) bond motifs is 1. The van der Waals surface area contributed by atoms with Crippen LogP contribution in [-0.2, 0) is 10.0 Å². The van der Waals surface area contributed by atoms with E-state index in [2.05, 4.69) is 26.1 Å². The highest BCUT2D eigenvalue weighted by molar-refractivity contribution is 9.10. The maximum absolute atomic E-state index is 12.5.